The van der Waals surface area contributed by atoms with Crippen LogP contribution in [-0.4, -0.2) is 40.0 Å². The second-order valence-electron chi connectivity index (χ2n) is 7.90. The fourth-order valence-corrected chi connectivity index (χ4v) is 3.18. The van der Waals surface area contributed by atoms with Gasteiger partial charge in [0.15, 0.2) is 10.9 Å². The zero-order valence-electron chi connectivity index (χ0n) is 14.5. The van der Waals surface area contributed by atoms with Crippen molar-refractivity contribution in [3.63, 3.8) is 0 Å². The summed E-state index contributed by atoms with van der Waals surface area (Å²) in [5.74, 6) is 0.429. The number of ether oxygens (including phenoxy) is 1. The molecule has 8 heteroatoms. The minimum Gasteiger partial charge on any atom is -0.359 e. The van der Waals surface area contributed by atoms with Crippen molar-refractivity contribution >= 4 is 25.8 Å². The van der Waals surface area contributed by atoms with Crippen LogP contribution in [-0.2, 0) is 22.7 Å². The van der Waals surface area contributed by atoms with E-state index in [1.54, 1.807) is 4.68 Å². The van der Waals surface area contributed by atoms with Crippen molar-refractivity contribution in [1.29, 1.82) is 0 Å². The average Bonchev–Trinajstić information content (AvgIpc) is 2.76. The maximum Gasteiger partial charge on any atom is 0.189 e. The van der Waals surface area contributed by atoms with Crippen LogP contribution in [0.3, 0.4) is 0 Å². The number of rotatable bonds is 8. The molecule has 0 bridgehead atoms. The van der Waals surface area contributed by atoms with Crippen LogP contribution >= 0.6 is 12.6 Å². The highest BCUT2D eigenvalue weighted by atomic mass is 32.1. The Morgan fingerprint density at radius 1 is 1.36 bits per heavy atom. The van der Waals surface area contributed by atoms with Gasteiger partial charge in [0.25, 0.3) is 0 Å². The van der Waals surface area contributed by atoms with Gasteiger partial charge >= 0.3 is 0 Å². The fourth-order valence-electron chi connectivity index (χ4n) is 1.95. The predicted molar refractivity (Wildman–Crippen MR) is 92.6 cm³/mol. The van der Waals surface area contributed by atoms with Crippen molar-refractivity contribution in [1.82, 2.24) is 20.2 Å². The number of carbonyl (C=O) groups excluding carboxylic acids is 1. The Labute approximate surface area is 139 Å². The van der Waals surface area contributed by atoms with E-state index in [1.807, 2.05) is 20.8 Å². The summed E-state index contributed by atoms with van der Waals surface area (Å²) < 4.78 is 7.30. The molecule has 0 N–H and O–H groups in total. The van der Waals surface area contributed by atoms with Crippen molar-refractivity contribution in [2.75, 3.05) is 6.61 Å². The summed E-state index contributed by atoms with van der Waals surface area (Å²) in [7, 11) is -1.10. The van der Waals surface area contributed by atoms with E-state index in [1.165, 1.54) is 0 Å². The quantitative estimate of drug-likeness (QED) is 0.446. The number of hydrogen-bond donors (Lipinski definition) is 1. The number of aromatic nitrogens is 4. The van der Waals surface area contributed by atoms with Crippen molar-refractivity contribution in [2.45, 2.75) is 59.6 Å². The van der Waals surface area contributed by atoms with Gasteiger partial charge in [-0.3, -0.25) is 4.79 Å². The van der Waals surface area contributed by atoms with Crippen molar-refractivity contribution < 1.29 is 9.53 Å². The van der Waals surface area contributed by atoms with Gasteiger partial charge in [0, 0.05) is 27.0 Å². The Hall–Kier alpha value is -0.733. The standard InChI is InChI=1S/C14H28N4O2SSi/c1-14(2,3)11(13(19)21)9-12-15-16-17-18(12)10-20-7-8-22(4,5)6/h11H,7-10H2,1-6H3,(H,19,21)/t11-/m0/s1. The summed E-state index contributed by atoms with van der Waals surface area (Å²) >= 11 is 4.01. The number of hydrogen-bond acceptors (Lipinski definition) is 5. The van der Waals surface area contributed by atoms with Crippen molar-refractivity contribution in [2.24, 2.45) is 11.3 Å². The maximum atomic E-state index is 11.8. The van der Waals surface area contributed by atoms with Gasteiger partial charge < -0.3 is 4.74 Å². The third kappa shape index (κ3) is 6.58. The molecule has 0 aliphatic carbocycles. The van der Waals surface area contributed by atoms with Crippen LogP contribution < -0.4 is 0 Å². The molecule has 0 spiro atoms. The van der Waals surface area contributed by atoms with Gasteiger partial charge in [-0.2, -0.15) is 0 Å². The SMILES string of the molecule is CC(C)(C)[C@@H](Cc1nnnn1COCC[Si](C)(C)C)C(=O)S. The van der Waals surface area contributed by atoms with Gasteiger partial charge in [-0.1, -0.05) is 40.4 Å². The predicted octanol–water partition coefficient (Wildman–Crippen LogP) is 2.65. The third-order valence-electron chi connectivity index (χ3n) is 3.55. The minimum absolute atomic E-state index is 0.137. The zero-order chi connectivity index (χ0) is 17.0. The number of nitrogens with zero attached hydrogens (tertiary/aromatic N) is 4. The Morgan fingerprint density at radius 2 is 2.00 bits per heavy atom. The Bertz CT molecular complexity index is 494. The van der Waals surface area contributed by atoms with E-state index in [9.17, 15) is 4.79 Å². The summed E-state index contributed by atoms with van der Waals surface area (Å²) in [6, 6.07) is 1.10. The van der Waals surface area contributed by atoms with Crippen molar-refractivity contribution in [3.8, 4) is 0 Å². The van der Waals surface area contributed by atoms with Crippen LogP contribution in [0.25, 0.3) is 0 Å². The molecule has 6 nitrogen and oxygen atoms in total. The largest absolute Gasteiger partial charge is 0.359 e. The lowest BCUT2D eigenvalue weighted by Gasteiger charge is -2.27. The van der Waals surface area contributed by atoms with Crippen molar-refractivity contribution in [3.05, 3.63) is 5.82 Å². The zero-order valence-corrected chi connectivity index (χ0v) is 16.4. The van der Waals surface area contributed by atoms with Crippen LogP contribution in [0.1, 0.15) is 26.6 Å². The molecule has 1 aromatic heterocycles. The first kappa shape index (κ1) is 19.3. The Balaban J connectivity index is 2.63. The molecule has 0 saturated heterocycles. The second-order valence-corrected chi connectivity index (χ2v) is 14.0. The molecule has 126 valence electrons. The molecular formula is C14H28N4O2SSi. The smallest absolute Gasteiger partial charge is 0.189 e. The third-order valence-corrected chi connectivity index (χ3v) is 5.56. The summed E-state index contributed by atoms with van der Waals surface area (Å²) in [6.07, 6.45) is 0.468. The van der Waals surface area contributed by atoms with E-state index in [0.717, 1.165) is 6.04 Å². The molecule has 0 aromatic carbocycles. The highest BCUT2D eigenvalue weighted by molar-refractivity contribution is 7.96. The normalized spacial score (nSPS) is 14.1. The van der Waals surface area contributed by atoms with Crippen LogP contribution in [0.2, 0.25) is 25.7 Å². The van der Waals surface area contributed by atoms with Crippen LogP contribution in [0, 0.1) is 11.3 Å². The summed E-state index contributed by atoms with van der Waals surface area (Å²) in [4.78, 5) is 11.8. The minimum atomic E-state index is -1.10. The lowest BCUT2D eigenvalue weighted by molar-refractivity contribution is -0.117. The summed E-state index contributed by atoms with van der Waals surface area (Å²) in [5, 5.41) is 11.5. The van der Waals surface area contributed by atoms with E-state index in [0.29, 0.717) is 25.6 Å². The average molecular weight is 345 g/mol. The van der Waals surface area contributed by atoms with Gasteiger partial charge in [-0.05, 0) is 21.9 Å². The van der Waals surface area contributed by atoms with Crippen LogP contribution in [0.4, 0.5) is 0 Å². The van der Waals surface area contributed by atoms with E-state index in [4.69, 9.17) is 4.74 Å². The highest BCUT2D eigenvalue weighted by Crippen LogP contribution is 2.30. The fraction of sp³-hybridized carbons (Fsp3) is 0.857. The maximum absolute atomic E-state index is 11.8. The van der Waals surface area contributed by atoms with Crippen LogP contribution in [0.15, 0.2) is 0 Å². The Morgan fingerprint density at radius 3 is 2.50 bits per heavy atom. The van der Waals surface area contributed by atoms with E-state index in [2.05, 4.69) is 47.8 Å². The Kier molecular flexibility index (Phi) is 6.76. The van der Waals surface area contributed by atoms with Gasteiger partial charge in [0.2, 0.25) is 0 Å². The lowest BCUT2D eigenvalue weighted by Crippen LogP contribution is -2.29. The lowest BCUT2D eigenvalue weighted by atomic mass is 9.79. The van der Waals surface area contributed by atoms with Gasteiger partial charge in [-0.15, -0.1) is 17.7 Å². The molecule has 0 unspecified atom stereocenters. The van der Waals surface area contributed by atoms with Gasteiger partial charge in [0.05, 0.1) is 0 Å². The van der Waals surface area contributed by atoms with E-state index >= 15 is 0 Å². The summed E-state index contributed by atoms with van der Waals surface area (Å²) in [5.41, 5.74) is -0.186. The first-order chi connectivity index (χ1) is 10.0. The van der Waals surface area contributed by atoms with Crippen LogP contribution in [0.5, 0.6) is 0 Å². The molecule has 1 rings (SSSR count). The molecule has 0 fully saturated rings. The first-order valence-electron chi connectivity index (χ1n) is 7.56. The first-order valence-corrected chi connectivity index (χ1v) is 11.7. The molecule has 1 aromatic rings. The topological polar surface area (TPSA) is 69.9 Å². The van der Waals surface area contributed by atoms with Gasteiger partial charge in [-0.25, -0.2) is 4.68 Å². The highest BCUT2D eigenvalue weighted by Gasteiger charge is 2.31. The molecule has 22 heavy (non-hydrogen) atoms. The number of thiol groups is 1. The van der Waals surface area contributed by atoms with E-state index in [-0.39, 0.29) is 16.4 Å². The molecule has 1 heterocycles. The monoisotopic (exact) mass is 344 g/mol. The van der Waals surface area contributed by atoms with Gasteiger partial charge in [0.1, 0.15) is 6.73 Å². The number of tetrazole rings is 1. The number of carbonyl (C=O) groups is 1. The molecule has 0 amide bonds. The van der Waals surface area contributed by atoms with E-state index < -0.39 is 8.07 Å². The second kappa shape index (κ2) is 7.70. The molecule has 0 aliphatic heterocycles. The molecule has 0 radical (unpaired) electrons. The summed E-state index contributed by atoms with van der Waals surface area (Å²) in [6.45, 7) is 14.0. The molecule has 0 aliphatic rings. The molecule has 1 atom stereocenters. The molecular weight excluding hydrogens is 316 g/mol. The molecule has 0 saturated carbocycles.